The first-order valence-electron chi connectivity index (χ1n) is 38.9. The Morgan fingerprint density at radius 3 is 1.32 bits per heavy atom. The van der Waals surface area contributed by atoms with Crippen LogP contribution in [0.2, 0.25) is 0 Å². The minimum Gasteiger partial charge on any atom is -0.463 e. The third-order valence-electron chi connectivity index (χ3n) is 20.9. The van der Waals surface area contributed by atoms with Crippen LogP contribution in [0.4, 0.5) is 4.79 Å². The third kappa shape index (κ3) is 36.5. The molecule has 28 heteroatoms. The predicted molar refractivity (Wildman–Crippen MR) is 394 cm³/mol. The van der Waals surface area contributed by atoms with Gasteiger partial charge in [-0.05, 0) is 98.9 Å². The summed E-state index contributed by atoms with van der Waals surface area (Å²) in [5, 5.41) is 17.0. The van der Waals surface area contributed by atoms with E-state index in [0.29, 0.717) is 89.8 Å². The van der Waals surface area contributed by atoms with Crippen molar-refractivity contribution in [2.24, 2.45) is 47.3 Å². The van der Waals surface area contributed by atoms with Gasteiger partial charge in [0.25, 0.3) is 0 Å². The monoisotopic (exact) mass is 1500 g/mol. The number of esters is 3. The number of hydrogen-bond donors (Lipinski definition) is 6. The molecule has 1 aromatic rings. The van der Waals surface area contributed by atoms with Gasteiger partial charge < -0.3 is 79.3 Å². The van der Waals surface area contributed by atoms with Gasteiger partial charge in [-0.25, -0.2) is 4.79 Å². The van der Waals surface area contributed by atoms with Gasteiger partial charge in [0, 0.05) is 111 Å². The van der Waals surface area contributed by atoms with Crippen LogP contribution in [0.1, 0.15) is 211 Å². The number of unbranched alkanes of at least 4 members (excludes halogenated alkanes) is 10. The largest absolute Gasteiger partial charge is 0.463 e. The first-order valence-corrected chi connectivity index (χ1v) is 38.9. The number of hydrogen-bond acceptors (Lipinski definition) is 22. The van der Waals surface area contributed by atoms with E-state index >= 15 is 0 Å². The molecule has 0 aliphatic carbocycles. The zero-order valence-corrected chi connectivity index (χ0v) is 65.5. The molecule has 0 spiro atoms. The summed E-state index contributed by atoms with van der Waals surface area (Å²) < 4.78 is 58.2. The van der Waals surface area contributed by atoms with Crippen LogP contribution in [0.25, 0.3) is 0 Å². The lowest BCUT2D eigenvalue weighted by Gasteiger charge is -2.44. The summed E-state index contributed by atoms with van der Waals surface area (Å²) in [6, 6.07) is 7.74. The molecule has 0 aromatic heterocycles. The number of carbonyl (C=O) groups excluding carboxylic acids is 11. The summed E-state index contributed by atoms with van der Waals surface area (Å²) in [4.78, 5) is 143. The van der Waals surface area contributed by atoms with Gasteiger partial charge in [-0.15, -0.1) is 0 Å². The molecule has 7 unspecified atom stereocenters. The number of amides is 6. The van der Waals surface area contributed by atoms with Gasteiger partial charge >= 0.3 is 24.0 Å². The van der Waals surface area contributed by atoms with E-state index in [9.17, 15) is 52.7 Å². The number of nitrogens with zero attached hydrogens (tertiary/aromatic N) is 1. The van der Waals surface area contributed by atoms with E-state index in [4.69, 9.17) is 47.4 Å². The maximum atomic E-state index is 14.5. The molecular formula is C78H129N7O21. The minimum atomic E-state index is -1.05. The van der Waals surface area contributed by atoms with E-state index in [1.54, 1.807) is 0 Å². The fourth-order valence-corrected chi connectivity index (χ4v) is 13.3. The van der Waals surface area contributed by atoms with Crippen molar-refractivity contribution >= 4 is 65.1 Å². The Morgan fingerprint density at radius 2 is 0.840 bits per heavy atom. The third-order valence-corrected chi connectivity index (χ3v) is 20.9. The van der Waals surface area contributed by atoms with Crippen molar-refractivity contribution in [2.45, 2.75) is 261 Å². The van der Waals surface area contributed by atoms with Crippen molar-refractivity contribution in [1.82, 2.24) is 36.8 Å². The van der Waals surface area contributed by atoms with E-state index in [1.165, 1.54) is 32.6 Å². The van der Waals surface area contributed by atoms with Crippen molar-refractivity contribution in [1.29, 1.82) is 0 Å². The molecule has 0 bridgehead atoms. The maximum Gasteiger partial charge on any atom is 0.407 e. The average molecular weight is 1500 g/mol. The molecule has 6 amide bonds. The van der Waals surface area contributed by atoms with Crippen LogP contribution in [0.3, 0.4) is 0 Å². The zero-order chi connectivity index (χ0) is 77.9. The van der Waals surface area contributed by atoms with Crippen molar-refractivity contribution in [3.63, 3.8) is 0 Å². The molecule has 3 aliphatic rings. The Labute approximate surface area is 629 Å². The van der Waals surface area contributed by atoms with Crippen molar-refractivity contribution in [2.75, 3.05) is 85.5 Å². The molecule has 1 aromatic carbocycles. The van der Waals surface area contributed by atoms with E-state index < -0.39 is 92.1 Å². The normalized spacial score (nSPS) is 24.5. The highest BCUT2D eigenvalue weighted by atomic mass is 16.7. The molecule has 16 atom stereocenters. The summed E-state index contributed by atoms with van der Waals surface area (Å²) in [7, 11) is 0. The molecule has 3 aliphatic heterocycles. The molecule has 602 valence electrons. The van der Waals surface area contributed by atoms with Crippen LogP contribution in [0.15, 0.2) is 30.3 Å². The predicted octanol–water partition coefficient (Wildman–Crippen LogP) is 8.11. The Morgan fingerprint density at radius 1 is 0.415 bits per heavy atom. The smallest absolute Gasteiger partial charge is 0.407 e. The highest BCUT2D eigenvalue weighted by Crippen LogP contribution is 2.38. The minimum absolute atomic E-state index is 0.0261. The molecule has 106 heavy (non-hydrogen) atoms. The van der Waals surface area contributed by atoms with Crippen molar-refractivity contribution in [3.05, 3.63) is 35.9 Å². The lowest BCUT2D eigenvalue weighted by molar-refractivity contribution is -0.255. The van der Waals surface area contributed by atoms with E-state index in [0.717, 1.165) is 56.9 Å². The van der Waals surface area contributed by atoms with Crippen LogP contribution < -0.4 is 31.9 Å². The molecule has 0 saturated carbocycles. The maximum absolute atomic E-state index is 14.5. The first-order chi connectivity index (χ1) is 50.6. The number of carbonyl (C=O) groups is 11. The van der Waals surface area contributed by atoms with Gasteiger partial charge in [0.15, 0.2) is 24.7 Å². The molecule has 3 heterocycles. The van der Waals surface area contributed by atoms with Gasteiger partial charge in [0.05, 0.1) is 50.0 Å². The number of ether oxygens (including phenoxy) is 10. The number of ketones is 2. The Bertz CT molecular complexity index is 2820. The number of nitrogens with one attached hydrogen (secondary N) is 6. The first kappa shape index (κ1) is 91.7. The highest BCUT2D eigenvalue weighted by Gasteiger charge is 2.44. The van der Waals surface area contributed by atoms with Gasteiger partial charge in [0.2, 0.25) is 29.5 Å². The van der Waals surface area contributed by atoms with Crippen LogP contribution in [-0.2, 0) is 102 Å². The number of Topliss-reactive ketones (excluding diaryl/α,β-unsaturated/α-hetero) is 2. The zero-order valence-electron chi connectivity index (χ0n) is 65.5. The summed E-state index contributed by atoms with van der Waals surface area (Å²) in [5.74, 6) is -2.72. The van der Waals surface area contributed by atoms with E-state index in [1.807, 2.05) is 44.2 Å². The second-order valence-electron chi connectivity index (χ2n) is 29.2. The van der Waals surface area contributed by atoms with E-state index in [-0.39, 0.29) is 142 Å². The standard InChI is InChI=1S/C78H129N7O21/c1-51-53(3)67(48-100-60(10)87)104-75(57(51)7)97-41-27-16-13-23-37-79-70(92)35-33-64(90)45-85(46-73(95)83-44-72(94)81-39-25-15-18-29-43-99-77-74(84-59(9)86)56(6)55(5)69(106-77)50-102-62(12)89)65(32-22-26-40-82-78(96)103-47-63-30-20-19-21-31-63)66(91)34-36-71(93)80-38-24-14-17-28-42-98-76-58(8)52(2)54(4)68(105-76)49-101-61(11)88/h19-21,30-31,51-58,65,67-69,74-77H,13-18,22-29,32-50H2,1-12H3,(H,79,92)(H,80,93)(H,81,94)(H,82,96)(H,83,95)(H,84,86)/t51-,52-,53+,54+,55+,56-,57?,58?,65?,67?,68?,69?,74?,75+,76+,77+/m0/s1. The SMILES string of the molecule is CC(=O)NC1[C@H](OCCCCCCNC(=O)CNC(=O)CN(CC(=O)CCC(=O)NCCCCCCO[C@@H]2OC(COC(C)=O)[C@H](C)[C@H](C)C2C)C(CCCCNC(=O)OCc2ccccc2)C(=O)CCC(=O)NCCCCCCO[C@@H]2OC(COC(C)=O)[C@H](C)[C@H](C)C2C)OC(COC(C)=O)[C@H](C)[C@@H]1C. The molecule has 3 fully saturated rings. The Kier molecular flexibility index (Phi) is 44.6. The van der Waals surface area contributed by atoms with E-state index in [2.05, 4.69) is 73.4 Å². The van der Waals surface area contributed by atoms with Gasteiger partial charge in [-0.3, -0.25) is 52.8 Å². The quantitative estimate of drug-likeness (QED) is 0.0204. The fourth-order valence-electron chi connectivity index (χ4n) is 13.3. The summed E-state index contributed by atoms with van der Waals surface area (Å²) >= 11 is 0. The van der Waals surface area contributed by atoms with Crippen LogP contribution in [0, 0.1) is 47.3 Å². The summed E-state index contributed by atoms with van der Waals surface area (Å²) in [5.41, 5.74) is 0.811. The number of rotatable bonds is 52. The van der Waals surface area contributed by atoms with Crippen molar-refractivity contribution < 1.29 is 100 Å². The summed E-state index contributed by atoms with van der Waals surface area (Å²) in [6.45, 7) is 24.0. The topological polar surface area (TPSA) is 355 Å². The molecule has 3 saturated heterocycles. The van der Waals surface area contributed by atoms with Gasteiger partial charge in [0.1, 0.15) is 32.2 Å². The molecular weight excluding hydrogens is 1370 g/mol. The second-order valence-corrected chi connectivity index (χ2v) is 29.2. The van der Waals surface area contributed by atoms with Crippen LogP contribution >= 0.6 is 0 Å². The van der Waals surface area contributed by atoms with Crippen LogP contribution in [0.5, 0.6) is 0 Å². The Balaban J connectivity index is 1.33. The average Bonchev–Trinajstić information content (AvgIpc) is 0.811. The van der Waals surface area contributed by atoms with Crippen molar-refractivity contribution in [3.8, 4) is 0 Å². The lowest BCUT2D eigenvalue weighted by Crippen LogP contribution is -2.58. The Hall–Kier alpha value is -6.69. The second kappa shape index (κ2) is 51.6. The molecule has 4 rings (SSSR count). The lowest BCUT2D eigenvalue weighted by atomic mass is 9.79. The molecule has 0 radical (unpaired) electrons. The van der Waals surface area contributed by atoms with Crippen LogP contribution in [-0.4, -0.2) is 205 Å². The number of alkyl carbamates (subject to hydrolysis) is 1. The van der Waals surface area contributed by atoms with Gasteiger partial charge in [-0.1, -0.05) is 124 Å². The molecule has 6 N–H and O–H groups in total. The molecule has 28 nitrogen and oxygen atoms in total. The highest BCUT2D eigenvalue weighted by molar-refractivity contribution is 5.91. The van der Waals surface area contributed by atoms with Gasteiger partial charge in [-0.2, -0.15) is 0 Å². The number of benzene rings is 1. The summed E-state index contributed by atoms with van der Waals surface area (Å²) in [6.07, 6.45) is 6.03. The fraction of sp³-hybridized carbons (Fsp3) is 0.782.